The Kier molecular flexibility index (Phi) is 7.57. The standard InChI is InChI=1S/C29H39N7O3/c1-5-22(26-30-13-14-34(26)16-19-9-7-6-8-10-19)31-27(38)24-15-21(37)17-35(24)28(39)25(29(2,3)4)36-18-23(32-33-36)20-11-12-20/h6-10,13-14,18,20-22,24-25,37H,5,11-12,15-17H2,1-4H3,(H,31,38)/t21?,22?,24?,25-/m0/s1. The molecular weight excluding hydrogens is 494 g/mol. The minimum atomic E-state index is -0.782. The van der Waals surface area contributed by atoms with Gasteiger partial charge >= 0.3 is 0 Å². The molecule has 1 saturated heterocycles. The number of rotatable bonds is 9. The molecule has 3 unspecified atom stereocenters. The first-order valence-electron chi connectivity index (χ1n) is 13.9. The highest BCUT2D eigenvalue weighted by atomic mass is 16.3. The van der Waals surface area contributed by atoms with Crippen LogP contribution in [0.15, 0.2) is 48.9 Å². The number of nitrogens with zero attached hydrogens (tertiary/aromatic N) is 6. The molecule has 4 atom stereocenters. The molecule has 208 valence electrons. The average molecular weight is 534 g/mol. The van der Waals surface area contributed by atoms with Crippen LogP contribution in [-0.2, 0) is 16.1 Å². The first-order valence-corrected chi connectivity index (χ1v) is 13.9. The Morgan fingerprint density at radius 3 is 2.59 bits per heavy atom. The van der Waals surface area contributed by atoms with Crippen molar-refractivity contribution in [1.29, 1.82) is 0 Å². The molecule has 1 aliphatic heterocycles. The van der Waals surface area contributed by atoms with Gasteiger partial charge < -0.3 is 19.9 Å². The van der Waals surface area contributed by atoms with Gasteiger partial charge in [-0.05, 0) is 30.2 Å². The molecular formula is C29H39N7O3. The number of aliphatic hydroxyl groups excluding tert-OH is 1. The molecule has 0 bridgehead atoms. The lowest BCUT2D eigenvalue weighted by atomic mass is 9.85. The summed E-state index contributed by atoms with van der Waals surface area (Å²) >= 11 is 0. The molecule has 2 N–H and O–H groups in total. The van der Waals surface area contributed by atoms with Crippen molar-refractivity contribution in [2.75, 3.05) is 6.54 Å². The van der Waals surface area contributed by atoms with Crippen molar-refractivity contribution in [3.63, 3.8) is 0 Å². The molecule has 1 saturated carbocycles. The maximum atomic E-state index is 14.0. The highest BCUT2D eigenvalue weighted by molar-refractivity contribution is 5.90. The minimum Gasteiger partial charge on any atom is -0.391 e. The van der Waals surface area contributed by atoms with Gasteiger partial charge in [-0.2, -0.15) is 0 Å². The predicted molar refractivity (Wildman–Crippen MR) is 146 cm³/mol. The molecule has 3 aromatic rings. The number of imidazole rings is 1. The predicted octanol–water partition coefficient (Wildman–Crippen LogP) is 3.22. The lowest BCUT2D eigenvalue weighted by Gasteiger charge is -2.35. The molecule has 2 fully saturated rings. The number of amides is 2. The number of likely N-dealkylation sites (tertiary alicyclic amines) is 1. The first kappa shape index (κ1) is 27.1. The molecule has 0 spiro atoms. The number of carbonyl (C=O) groups is 2. The second-order valence-corrected chi connectivity index (χ2v) is 11.9. The van der Waals surface area contributed by atoms with Crippen LogP contribution in [0.3, 0.4) is 0 Å². The second kappa shape index (κ2) is 10.9. The van der Waals surface area contributed by atoms with Crippen LogP contribution in [0.4, 0.5) is 0 Å². The van der Waals surface area contributed by atoms with Crippen LogP contribution in [0.5, 0.6) is 0 Å². The fraction of sp³-hybridized carbons (Fsp3) is 0.552. The van der Waals surface area contributed by atoms with E-state index in [2.05, 4.69) is 32.7 Å². The van der Waals surface area contributed by atoms with Gasteiger partial charge in [-0.1, -0.05) is 63.2 Å². The molecule has 39 heavy (non-hydrogen) atoms. The molecule has 3 heterocycles. The molecule has 10 nitrogen and oxygen atoms in total. The molecule has 2 amide bonds. The van der Waals surface area contributed by atoms with E-state index < -0.39 is 23.6 Å². The minimum absolute atomic E-state index is 0.104. The number of β-amino-alcohol motifs (C(OH)–C–C–N with tert-alkyl or cyclic N) is 1. The zero-order valence-corrected chi connectivity index (χ0v) is 23.2. The Hall–Kier alpha value is -3.53. The van der Waals surface area contributed by atoms with Crippen LogP contribution in [0, 0.1) is 5.41 Å². The second-order valence-electron chi connectivity index (χ2n) is 11.9. The van der Waals surface area contributed by atoms with Crippen molar-refractivity contribution in [2.24, 2.45) is 5.41 Å². The highest BCUT2D eigenvalue weighted by Crippen LogP contribution is 2.40. The third-order valence-corrected chi connectivity index (χ3v) is 7.69. The Labute approximate surface area is 229 Å². The molecule has 2 aromatic heterocycles. The van der Waals surface area contributed by atoms with E-state index in [1.54, 1.807) is 10.9 Å². The lowest BCUT2D eigenvalue weighted by molar-refractivity contribution is -0.144. The Morgan fingerprint density at radius 1 is 1.18 bits per heavy atom. The largest absolute Gasteiger partial charge is 0.391 e. The van der Waals surface area contributed by atoms with Gasteiger partial charge in [-0.15, -0.1) is 5.10 Å². The smallest absolute Gasteiger partial charge is 0.248 e. The number of aromatic nitrogens is 5. The van der Waals surface area contributed by atoms with E-state index in [9.17, 15) is 14.7 Å². The summed E-state index contributed by atoms with van der Waals surface area (Å²) in [5.74, 6) is 0.659. The number of nitrogens with one attached hydrogen (secondary N) is 1. The number of carbonyl (C=O) groups excluding carboxylic acids is 2. The Morgan fingerprint density at radius 2 is 1.92 bits per heavy atom. The van der Waals surface area contributed by atoms with Crippen molar-refractivity contribution in [1.82, 2.24) is 34.8 Å². The monoisotopic (exact) mass is 533 g/mol. The van der Waals surface area contributed by atoms with E-state index in [-0.39, 0.29) is 30.8 Å². The third-order valence-electron chi connectivity index (χ3n) is 7.69. The summed E-state index contributed by atoms with van der Waals surface area (Å²) in [5, 5.41) is 22.3. The van der Waals surface area contributed by atoms with Gasteiger partial charge in [0.25, 0.3) is 0 Å². The summed E-state index contributed by atoms with van der Waals surface area (Å²) in [6, 6.07) is 8.33. The van der Waals surface area contributed by atoms with Gasteiger partial charge in [-0.3, -0.25) is 9.59 Å². The quantitative estimate of drug-likeness (QED) is 0.436. The summed E-state index contributed by atoms with van der Waals surface area (Å²) in [6.07, 6.45) is 7.75. The van der Waals surface area contributed by atoms with Crippen LogP contribution in [0.2, 0.25) is 0 Å². The van der Waals surface area contributed by atoms with Crippen molar-refractivity contribution >= 4 is 11.8 Å². The van der Waals surface area contributed by atoms with Crippen molar-refractivity contribution in [3.05, 3.63) is 66.0 Å². The highest BCUT2D eigenvalue weighted by Gasteiger charge is 2.46. The van der Waals surface area contributed by atoms with Crippen molar-refractivity contribution < 1.29 is 14.7 Å². The normalized spacial score (nSPS) is 21.1. The summed E-state index contributed by atoms with van der Waals surface area (Å²) < 4.78 is 3.68. The fourth-order valence-electron chi connectivity index (χ4n) is 5.49. The van der Waals surface area contributed by atoms with Crippen LogP contribution < -0.4 is 5.32 Å². The zero-order chi connectivity index (χ0) is 27.7. The van der Waals surface area contributed by atoms with Crippen molar-refractivity contribution in [2.45, 2.75) is 90.1 Å². The number of aliphatic hydroxyl groups is 1. The first-order chi connectivity index (χ1) is 18.7. The van der Waals surface area contributed by atoms with E-state index in [0.29, 0.717) is 18.9 Å². The van der Waals surface area contributed by atoms with Gasteiger partial charge in [0, 0.05) is 44.0 Å². The topological polar surface area (TPSA) is 118 Å². The van der Waals surface area contributed by atoms with Gasteiger partial charge in [-0.25, -0.2) is 9.67 Å². The summed E-state index contributed by atoms with van der Waals surface area (Å²) in [5.41, 5.74) is 1.57. The van der Waals surface area contributed by atoms with Crippen LogP contribution in [-0.4, -0.2) is 65.1 Å². The maximum absolute atomic E-state index is 14.0. The Bertz CT molecular complexity index is 1290. The molecule has 10 heteroatoms. The lowest BCUT2D eigenvalue weighted by Crippen LogP contribution is -2.51. The van der Waals surface area contributed by atoms with Gasteiger partial charge in [0.2, 0.25) is 11.8 Å². The van der Waals surface area contributed by atoms with E-state index in [0.717, 1.165) is 29.9 Å². The zero-order valence-electron chi connectivity index (χ0n) is 23.2. The number of hydrogen-bond acceptors (Lipinski definition) is 6. The molecule has 0 radical (unpaired) electrons. The number of benzene rings is 1. The molecule has 1 aliphatic carbocycles. The summed E-state index contributed by atoms with van der Waals surface area (Å²) in [4.78, 5) is 33.8. The third kappa shape index (κ3) is 5.90. The maximum Gasteiger partial charge on any atom is 0.248 e. The Balaban J connectivity index is 1.34. The molecule has 5 rings (SSSR count). The van der Waals surface area contributed by atoms with Crippen molar-refractivity contribution in [3.8, 4) is 0 Å². The van der Waals surface area contributed by atoms with E-state index in [1.165, 1.54) is 4.90 Å². The van der Waals surface area contributed by atoms with Gasteiger partial charge in [0.05, 0.1) is 17.8 Å². The van der Waals surface area contributed by atoms with Gasteiger partial charge in [0.1, 0.15) is 17.9 Å². The fourth-order valence-corrected chi connectivity index (χ4v) is 5.49. The summed E-state index contributed by atoms with van der Waals surface area (Å²) in [7, 11) is 0. The van der Waals surface area contributed by atoms with Gasteiger partial charge in [0.15, 0.2) is 0 Å². The van der Waals surface area contributed by atoms with Crippen LogP contribution >= 0.6 is 0 Å². The SMILES string of the molecule is CCC(NC(=O)C1CC(O)CN1C(=O)[C@H](n1cc(C2CC2)nn1)C(C)(C)C)c1nccn1Cc1ccccc1. The van der Waals surface area contributed by atoms with Crippen LogP contribution in [0.25, 0.3) is 0 Å². The summed E-state index contributed by atoms with van der Waals surface area (Å²) in [6.45, 7) is 8.69. The van der Waals surface area contributed by atoms with E-state index >= 15 is 0 Å². The van der Waals surface area contributed by atoms with E-state index in [4.69, 9.17) is 0 Å². The molecule has 2 aliphatic rings. The average Bonchev–Trinajstić information content (AvgIpc) is 3.26. The molecule has 1 aromatic carbocycles. The van der Waals surface area contributed by atoms with Crippen LogP contribution in [0.1, 0.15) is 88.5 Å². The number of hydrogen-bond donors (Lipinski definition) is 2. The van der Waals surface area contributed by atoms with E-state index in [1.807, 2.05) is 62.9 Å².